The molecule has 0 aromatic carbocycles. The zero-order chi connectivity index (χ0) is 43.6. The molecule has 0 radical (unpaired) electrons. The number of rotatable bonds is 12. The Morgan fingerprint density at radius 3 is 1.81 bits per heavy atom. The van der Waals surface area contributed by atoms with Crippen molar-refractivity contribution >= 4 is 23.9 Å². The Morgan fingerprint density at radius 2 is 1.34 bits per heavy atom. The highest BCUT2D eigenvalue weighted by Gasteiger charge is 2.59. The van der Waals surface area contributed by atoms with Crippen LogP contribution in [0.1, 0.15) is 172 Å². The van der Waals surface area contributed by atoms with E-state index in [1.807, 2.05) is 48.5 Å². The van der Waals surface area contributed by atoms with Crippen LogP contribution < -0.4 is 0 Å². The second-order valence-electron chi connectivity index (χ2n) is 20.7. The van der Waals surface area contributed by atoms with Crippen LogP contribution in [0.15, 0.2) is 0 Å². The van der Waals surface area contributed by atoms with Gasteiger partial charge in [-0.1, -0.05) is 34.6 Å². The summed E-state index contributed by atoms with van der Waals surface area (Å²) in [6, 6.07) is 0. The molecule has 7 aliphatic rings. The molecule has 7 unspecified atom stereocenters. The number of ether oxygens (including phenoxy) is 4. The molecule has 7 rings (SSSR count). The Labute approximate surface area is 346 Å². The quantitative estimate of drug-likeness (QED) is 0.151. The van der Waals surface area contributed by atoms with Gasteiger partial charge in [0.2, 0.25) is 0 Å². The fourth-order valence-corrected chi connectivity index (χ4v) is 10.5. The molecule has 9 nitrogen and oxygen atoms in total. The molecule has 1 saturated heterocycles. The van der Waals surface area contributed by atoms with Crippen LogP contribution in [-0.4, -0.2) is 64.7 Å². The molecule has 1 heterocycles. The molecule has 6 saturated carbocycles. The minimum Gasteiger partial charge on any atom is -0.465 e. The zero-order valence-corrected chi connectivity index (χ0v) is 37.4. The number of halogens is 3. The molecule has 0 spiro atoms. The molecule has 0 aromatic heterocycles. The number of hydrogen-bond donors (Lipinski definition) is 1. The van der Waals surface area contributed by atoms with E-state index < -0.39 is 22.8 Å². The number of hydrogen-bond acceptors (Lipinski definition) is 9. The van der Waals surface area contributed by atoms with Gasteiger partial charge in [-0.15, -0.1) is 0 Å². The van der Waals surface area contributed by atoms with Crippen molar-refractivity contribution in [3.8, 4) is 0 Å². The van der Waals surface area contributed by atoms with Crippen LogP contribution in [0, 0.1) is 58.2 Å². The van der Waals surface area contributed by atoms with Gasteiger partial charge in [-0.3, -0.25) is 19.2 Å². The lowest BCUT2D eigenvalue weighted by Crippen LogP contribution is -2.60. The summed E-state index contributed by atoms with van der Waals surface area (Å²) in [5.41, 5.74) is -4.39. The Balaban J connectivity index is 0.000000197. The van der Waals surface area contributed by atoms with Gasteiger partial charge in [0.05, 0.1) is 29.8 Å². The summed E-state index contributed by atoms with van der Waals surface area (Å²) in [6.45, 7) is 20.6. The summed E-state index contributed by atoms with van der Waals surface area (Å²) in [5.74, 6) is 2.25. The van der Waals surface area contributed by atoms with Crippen molar-refractivity contribution in [3.63, 3.8) is 0 Å². The van der Waals surface area contributed by atoms with E-state index in [9.17, 15) is 37.5 Å². The van der Waals surface area contributed by atoms with Crippen molar-refractivity contribution in [2.24, 2.45) is 58.2 Å². The first kappa shape index (κ1) is 48.3. The van der Waals surface area contributed by atoms with E-state index in [-0.39, 0.29) is 71.6 Å². The average Bonchev–Trinajstić information content (AvgIpc) is 3.72. The second kappa shape index (κ2) is 18.3. The van der Waals surface area contributed by atoms with Crippen LogP contribution in [0.3, 0.4) is 0 Å². The lowest BCUT2D eigenvalue weighted by atomic mass is 9.49. The molecule has 0 amide bonds. The minimum atomic E-state index is -4.63. The molecular weight excluding hydrogens is 753 g/mol. The molecule has 6 aliphatic carbocycles. The maximum Gasteiger partial charge on any atom is 0.416 e. The number of carbonyl (C=O) groups is 4. The fraction of sp³-hybridized carbons (Fsp3) is 0.913. The number of carbonyl (C=O) groups excluding carboxylic acids is 4. The third kappa shape index (κ3) is 10.9. The number of alkyl halides is 3. The molecule has 1 aliphatic heterocycles. The summed E-state index contributed by atoms with van der Waals surface area (Å²) in [4.78, 5) is 47.5. The Bertz CT molecular complexity index is 1430. The first-order valence-corrected chi connectivity index (χ1v) is 22.4. The largest absolute Gasteiger partial charge is 0.465 e. The number of aliphatic hydroxyl groups is 1. The smallest absolute Gasteiger partial charge is 0.416 e. The minimum absolute atomic E-state index is 0.0364. The molecular formula is C46H75F3O9. The maximum absolute atomic E-state index is 12.9. The van der Waals surface area contributed by atoms with E-state index in [4.69, 9.17) is 18.9 Å². The van der Waals surface area contributed by atoms with Crippen molar-refractivity contribution in [2.75, 3.05) is 6.61 Å². The highest BCUT2D eigenvalue weighted by atomic mass is 19.4. The van der Waals surface area contributed by atoms with Crippen LogP contribution in [-0.2, 0) is 38.1 Å². The predicted octanol–water partition coefficient (Wildman–Crippen LogP) is 10.3. The van der Waals surface area contributed by atoms with E-state index in [0.29, 0.717) is 43.6 Å². The van der Waals surface area contributed by atoms with E-state index in [1.165, 1.54) is 32.1 Å². The van der Waals surface area contributed by atoms with E-state index in [2.05, 4.69) is 13.8 Å². The van der Waals surface area contributed by atoms with Gasteiger partial charge in [-0.25, -0.2) is 0 Å². The van der Waals surface area contributed by atoms with Crippen LogP contribution >= 0.6 is 0 Å². The Hall–Kier alpha value is -2.37. The standard InChI is InChI=1S/C18H30O2.C17H27F3O3.C11H18O4/c1-5-17(3,4)16(19)20-18(6-2)14-8-12-7-13(10-14)11-15(18)9-12;1-5-15(2,3)14(21)23-13-8-10-6-11(12(13)7-10)9-16(4,22)17(18,19)20;1-4-8(2)10(13)15-11(3)5-6-14-9(12)7-11/h12-15H,5-11H2,1-4H3;10-13,22H,5-9H2,1-4H3;8H,4-7H2,1-3H3. The van der Waals surface area contributed by atoms with Gasteiger partial charge in [-0.05, 0) is 166 Å². The SMILES string of the molecule is CCC(C)(C)C(=O)OC1(CC)C2CC3CC(C2)CC1C3.CCC(C)(C)C(=O)OC1CC2CC(CC(C)(O)C(F)(F)F)C1C2.CCC(C)C(=O)OC1(C)CCOC(=O)C1. The van der Waals surface area contributed by atoms with Gasteiger partial charge < -0.3 is 24.1 Å². The average molecular weight is 829 g/mol. The predicted molar refractivity (Wildman–Crippen MR) is 214 cm³/mol. The highest BCUT2D eigenvalue weighted by Crippen LogP contribution is 2.61. The Kier molecular flexibility index (Phi) is 15.2. The van der Waals surface area contributed by atoms with E-state index in [1.54, 1.807) is 6.92 Å². The number of cyclic esters (lactones) is 1. The molecule has 12 heteroatoms. The first-order chi connectivity index (χ1) is 26.7. The van der Waals surface area contributed by atoms with Gasteiger partial charge >= 0.3 is 30.1 Å². The lowest BCUT2D eigenvalue weighted by Gasteiger charge is -2.60. The highest BCUT2D eigenvalue weighted by molar-refractivity contribution is 5.77. The fourth-order valence-electron chi connectivity index (χ4n) is 10.5. The second-order valence-corrected chi connectivity index (χ2v) is 20.7. The Morgan fingerprint density at radius 1 is 0.810 bits per heavy atom. The molecule has 7 atom stereocenters. The van der Waals surface area contributed by atoms with E-state index in [0.717, 1.165) is 50.9 Å². The van der Waals surface area contributed by atoms with Gasteiger partial charge in [-0.2, -0.15) is 13.2 Å². The van der Waals surface area contributed by atoms with Gasteiger partial charge in [0.15, 0.2) is 5.60 Å². The number of fused-ring (bicyclic) bond motifs is 2. The third-order valence-corrected chi connectivity index (χ3v) is 15.4. The summed E-state index contributed by atoms with van der Waals surface area (Å²) in [6.07, 6.45) is 7.64. The van der Waals surface area contributed by atoms with Gasteiger partial charge in [0.25, 0.3) is 0 Å². The number of esters is 4. The van der Waals surface area contributed by atoms with Crippen molar-refractivity contribution in [1.82, 2.24) is 0 Å². The van der Waals surface area contributed by atoms with Crippen LogP contribution in [0.4, 0.5) is 13.2 Å². The lowest BCUT2D eigenvalue weighted by molar-refractivity contribution is -0.260. The summed E-state index contributed by atoms with van der Waals surface area (Å²) >= 11 is 0. The summed E-state index contributed by atoms with van der Waals surface area (Å²) in [5, 5.41) is 9.74. The van der Waals surface area contributed by atoms with Crippen molar-refractivity contribution < 1.29 is 56.4 Å². The van der Waals surface area contributed by atoms with Gasteiger partial charge in [0.1, 0.15) is 17.3 Å². The van der Waals surface area contributed by atoms with Crippen molar-refractivity contribution in [3.05, 3.63) is 0 Å². The topological polar surface area (TPSA) is 125 Å². The van der Waals surface area contributed by atoms with E-state index >= 15 is 0 Å². The van der Waals surface area contributed by atoms with Crippen molar-refractivity contribution in [2.45, 2.75) is 202 Å². The summed E-state index contributed by atoms with van der Waals surface area (Å²) < 4.78 is 60.8. The summed E-state index contributed by atoms with van der Waals surface area (Å²) in [7, 11) is 0. The van der Waals surface area contributed by atoms with Crippen molar-refractivity contribution in [1.29, 1.82) is 0 Å². The molecule has 1 N–H and O–H groups in total. The maximum atomic E-state index is 12.9. The molecule has 334 valence electrons. The molecule has 7 fully saturated rings. The molecule has 0 aromatic rings. The first-order valence-electron chi connectivity index (χ1n) is 22.4. The van der Waals surface area contributed by atoms with Crippen LogP contribution in [0.25, 0.3) is 0 Å². The van der Waals surface area contributed by atoms with Crippen LogP contribution in [0.2, 0.25) is 0 Å². The van der Waals surface area contributed by atoms with Gasteiger partial charge in [0, 0.05) is 6.42 Å². The zero-order valence-electron chi connectivity index (χ0n) is 37.4. The third-order valence-electron chi connectivity index (χ3n) is 15.4. The monoisotopic (exact) mass is 829 g/mol. The molecule has 6 bridgehead atoms. The normalized spacial score (nSPS) is 35.3. The van der Waals surface area contributed by atoms with Crippen LogP contribution in [0.5, 0.6) is 0 Å². The molecule has 58 heavy (non-hydrogen) atoms.